The van der Waals surface area contributed by atoms with Crippen LogP contribution in [0, 0.1) is 12.8 Å². The molecule has 3 rings (SSSR count). The minimum atomic E-state index is -0.361. The van der Waals surface area contributed by atoms with Crippen LogP contribution >= 0.6 is 0 Å². The molecule has 0 aliphatic carbocycles. The maximum Gasteiger partial charge on any atom is 0.230 e. The number of pyridine rings is 1. The smallest absolute Gasteiger partial charge is 0.230 e. The van der Waals surface area contributed by atoms with E-state index in [-0.39, 0.29) is 24.2 Å². The molecule has 1 saturated heterocycles. The van der Waals surface area contributed by atoms with E-state index in [0.29, 0.717) is 18.3 Å². The first kappa shape index (κ1) is 17.1. The van der Waals surface area contributed by atoms with Crippen molar-refractivity contribution in [3.8, 4) is 0 Å². The summed E-state index contributed by atoms with van der Waals surface area (Å²) in [6, 6.07) is 11.7. The van der Waals surface area contributed by atoms with Crippen molar-refractivity contribution in [2.75, 3.05) is 16.8 Å². The van der Waals surface area contributed by atoms with E-state index < -0.39 is 0 Å². The van der Waals surface area contributed by atoms with E-state index >= 15 is 0 Å². The molecule has 1 N–H and O–H groups in total. The van der Waals surface area contributed by atoms with Crippen LogP contribution in [0.2, 0.25) is 0 Å². The summed E-state index contributed by atoms with van der Waals surface area (Å²) in [5.74, 6) is 0.433. The molecule has 2 amide bonds. The Labute approximate surface area is 148 Å². The number of amides is 2. The van der Waals surface area contributed by atoms with Gasteiger partial charge in [-0.25, -0.2) is 4.98 Å². The van der Waals surface area contributed by atoms with Crippen LogP contribution in [0.15, 0.2) is 42.6 Å². The third-order valence-electron chi connectivity index (χ3n) is 4.53. The zero-order valence-electron chi connectivity index (χ0n) is 14.8. The van der Waals surface area contributed by atoms with Crippen molar-refractivity contribution < 1.29 is 9.59 Å². The molecule has 1 atom stereocenters. The first-order chi connectivity index (χ1) is 11.9. The van der Waals surface area contributed by atoms with Crippen molar-refractivity contribution in [2.24, 2.45) is 5.92 Å². The molecule has 0 spiro atoms. The van der Waals surface area contributed by atoms with Crippen LogP contribution in [0.5, 0.6) is 0 Å². The van der Waals surface area contributed by atoms with Crippen LogP contribution in [0.3, 0.4) is 0 Å². The van der Waals surface area contributed by atoms with Gasteiger partial charge in [-0.05, 0) is 48.2 Å². The molecule has 1 fully saturated rings. The van der Waals surface area contributed by atoms with E-state index in [1.54, 1.807) is 11.1 Å². The largest absolute Gasteiger partial charge is 0.312 e. The standard InChI is InChI=1S/C20H23N3O2/c1-13(2)15-4-6-17(7-5-15)23-12-16(11-19(23)24)20(25)22-18-10-14(3)8-9-21-18/h4-10,13,16H,11-12H2,1-3H3,(H,21,22,25). The van der Waals surface area contributed by atoms with E-state index in [2.05, 4.69) is 24.1 Å². The summed E-state index contributed by atoms with van der Waals surface area (Å²) in [4.78, 5) is 30.6. The van der Waals surface area contributed by atoms with Gasteiger partial charge in [0.1, 0.15) is 5.82 Å². The Hall–Kier alpha value is -2.69. The number of hydrogen-bond acceptors (Lipinski definition) is 3. The fourth-order valence-corrected chi connectivity index (χ4v) is 3.00. The van der Waals surface area contributed by atoms with Crippen molar-refractivity contribution in [3.63, 3.8) is 0 Å². The Morgan fingerprint density at radius 1 is 1.24 bits per heavy atom. The lowest BCUT2D eigenvalue weighted by atomic mass is 10.0. The number of anilines is 2. The van der Waals surface area contributed by atoms with Gasteiger partial charge in [0, 0.05) is 24.8 Å². The predicted octanol–water partition coefficient (Wildman–Crippen LogP) is 3.51. The minimum absolute atomic E-state index is 0.0188. The van der Waals surface area contributed by atoms with E-state index in [9.17, 15) is 9.59 Å². The lowest BCUT2D eigenvalue weighted by Crippen LogP contribution is -2.28. The first-order valence-corrected chi connectivity index (χ1v) is 8.58. The quantitative estimate of drug-likeness (QED) is 0.929. The second-order valence-corrected chi connectivity index (χ2v) is 6.86. The zero-order valence-corrected chi connectivity index (χ0v) is 14.8. The highest BCUT2D eigenvalue weighted by atomic mass is 16.2. The zero-order chi connectivity index (χ0) is 18.0. The molecule has 0 saturated carbocycles. The molecule has 5 nitrogen and oxygen atoms in total. The van der Waals surface area contributed by atoms with Crippen LogP contribution in [-0.2, 0) is 9.59 Å². The van der Waals surface area contributed by atoms with E-state index in [0.717, 1.165) is 11.3 Å². The van der Waals surface area contributed by atoms with Gasteiger partial charge < -0.3 is 10.2 Å². The third kappa shape index (κ3) is 3.87. The lowest BCUT2D eigenvalue weighted by Gasteiger charge is -2.17. The Kier molecular flexibility index (Phi) is 4.83. The lowest BCUT2D eigenvalue weighted by molar-refractivity contribution is -0.122. The second kappa shape index (κ2) is 7.05. The number of rotatable bonds is 4. The molecule has 0 bridgehead atoms. The molecule has 1 aliphatic rings. The molecule has 1 aromatic carbocycles. The molecular weight excluding hydrogens is 314 g/mol. The molecule has 130 valence electrons. The Bertz CT molecular complexity index is 784. The van der Waals surface area contributed by atoms with Gasteiger partial charge >= 0.3 is 0 Å². The van der Waals surface area contributed by atoms with Gasteiger partial charge in [-0.1, -0.05) is 26.0 Å². The minimum Gasteiger partial charge on any atom is -0.312 e. The summed E-state index contributed by atoms with van der Waals surface area (Å²) in [6.45, 7) is 6.61. The molecule has 25 heavy (non-hydrogen) atoms. The molecule has 0 radical (unpaired) electrons. The number of nitrogens with zero attached hydrogens (tertiary/aromatic N) is 2. The van der Waals surface area contributed by atoms with Crippen LogP contribution in [-0.4, -0.2) is 23.3 Å². The fraction of sp³-hybridized carbons (Fsp3) is 0.350. The average molecular weight is 337 g/mol. The molecule has 1 unspecified atom stereocenters. The number of aryl methyl sites for hydroxylation is 1. The highest BCUT2D eigenvalue weighted by Crippen LogP contribution is 2.27. The Morgan fingerprint density at radius 3 is 2.60 bits per heavy atom. The fourth-order valence-electron chi connectivity index (χ4n) is 3.00. The molecular formula is C20H23N3O2. The van der Waals surface area contributed by atoms with Gasteiger partial charge in [0.05, 0.1) is 5.92 Å². The number of benzene rings is 1. The van der Waals surface area contributed by atoms with E-state index in [4.69, 9.17) is 0 Å². The molecule has 1 aliphatic heterocycles. The second-order valence-electron chi connectivity index (χ2n) is 6.86. The number of hydrogen-bond donors (Lipinski definition) is 1. The third-order valence-corrected chi connectivity index (χ3v) is 4.53. The number of aromatic nitrogens is 1. The SMILES string of the molecule is Cc1ccnc(NC(=O)C2CC(=O)N(c3ccc(C(C)C)cc3)C2)c1. The summed E-state index contributed by atoms with van der Waals surface area (Å²) in [5, 5.41) is 2.81. The van der Waals surface area contributed by atoms with Crippen molar-refractivity contribution in [3.05, 3.63) is 53.7 Å². The summed E-state index contributed by atoms with van der Waals surface area (Å²) in [6.07, 6.45) is 1.89. The van der Waals surface area contributed by atoms with Crippen molar-refractivity contribution in [1.29, 1.82) is 0 Å². The maximum absolute atomic E-state index is 12.5. The van der Waals surface area contributed by atoms with Crippen molar-refractivity contribution in [1.82, 2.24) is 4.98 Å². The highest BCUT2D eigenvalue weighted by Gasteiger charge is 2.35. The normalized spacial score (nSPS) is 17.2. The Balaban J connectivity index is 1.68. The van der Waals surface area contributed by atoms with Gasteiger partial charge in [0.15, 0.2) is 0 Å². The van der Waals surface area contributed by atoms with Crippen LogP contribution in [0.4, 0.5) is 11.5 Å². The molecule has 1 aromatic heterocycles. The van der Waals surface area contributed by atoms with Crippen molar-refractivity contribution >= 4 is 23.3 Å². The van der Waals surface area contributed by atoms with Crippen LogP contribution in [0.25, 0.3) is 0 Å². The highest BCUT2D eigenvalue weighted by molar-refractivity contribution is 6.03. The number of carbonyl (C=O) groups excluding carboxylic acids is 2. The van der Waals surface area contributed by atoms with Crippen molar-refractivity contribution in [2.45, 2.75) is 33.1 Å². The molecule has 5 heteroatoms. The molecule has 2 heterocycles. The van der Waals surface area contributed by atoms with Gasteiger partial charge in [-0.3, -0.25) is 9.59 Å². The molecule has 2 aromatic rings. The summed E-state index contributed by atoms with van der Waals surface area (Å²) >= 11 is 0. The predicted molar refractivity (Wildman–Crippen MR) is 98.6 cm³/mol. The van der Waals surface area contributed by atoms with Gasteiger partial charge in [-0.15, -0.1) is 0 Å². The van der Waals surface area contributed by atoms with Gasteiger partial charge in [0.25, 0.3) is 0 Å². The van der Waals surface area contributed by atoms with E-state index in [1.165, 1.54) is 5.56 Å². The van der Waals surface area contributed by atoms with Crippen LogP contribution in [0.1, 0.15) is 37.3 Å². The summed E-state index contributed by atoms with van der Waals surface area (Å²) < 4.78 is 0. The average Bonchev–Trinajstić information content (AvgIpc) is 2.97. The Morgan fingerprint density at radius 2 is 1.96 bits per heavy atom. The van der Waals surface area contributed by atoms with E-state index in [1.807, 2.05) is 43.3 Å². The van der Waals surface area contributed by atoms with Gasteiger partial charge in [0.2, 0.25) is 11.8 Å². The van der Waals surface area contributed by atoms with Crippen LogP contribution < -0.4 is 10.2 Å². The maximum atomic E-state index is 12.5. The topological polar surface area (TPSA) is 62.3 Å². The summed E-state index contributed by atoms with van der Waals surface area (Å²) in [7, 11) is 0. The van der Waals surface area contributed by atoms with Gasteiger partial charge in [-0.2, -0.15) is 0 Å². The number of carbonyl (C=O) groups is 2. The number of nitrogens with one attached hydrogen (secondary N) is 1. The summed E-state index contributed by atoms with van der Waals surface area (Å²) in [5.41, 5.74) is 3.10. The first-order valence-electron chi connectivity index (χ1n) is 8.58. The monoisotopic (exact) mass is 337 g/mol.